The molecule has 0 amide bonds. The zero-order valence-corrected chi connectivity index (χ0v) is 13.2. The van der Waals surface area contributed by atoms with Gasteiger partial charge in [0.05, 0.1) is 18.8 Å². The lowest BCUT2D eigenvalue weighted by atomic mass is 10.3. The SMILES string of the molecule is COc1ccc2c(Br)nc(CCN3CCNCC3)n2c1. The molecular weight excluding hydrogens is 320 g/mol. The monoisotopic (exact) mass is 338 g/mol. The molecule has 3 heterocycles. The second-order valence-electron chi connectivity index (χ2n) is 4.98. The van der Waals surface area contributed by atoms with E-state index in [0.717, 1.165) is 60.8 Å². The van der Waals surface area contributed by atoms with E-state index in [1.165, 1.54) is 0 Å². The number of nitrogens with one attached hydrogen (secondary N) is 1. The first-order chi connectivity index (χ1) is 9.78. The molecule has 1 aliphatic rings. The predicted molar refractivity (Wildman–Crippen MR) is 82.5 cm³/mol. The van der Waals surface area contributed by atoms with Gasteiger partial charge >= 0.3 is 0 Å². The van der Waals surface area contributed by atoms with Crippen LogP contribution in [-0.2, 0) is 6.42 Å². The number of ether oxygens (including phenoxy) is 1. The highest BCUT2D eigenvalue weighted by Crippen LogP contribution is 2.22. The molecule has 1 aliphatic heterocycles. The molecule has 2 aromatic heterocycles. The van der Waals surface area contributed by atoms with Crippen molar-refractivity contribution in [3.8, 4) is 5.75 Å². The largest absolute Gasteiger partial charge is 0.495 e. The van der Waals surface area contributed by atoms with Crippen LogP contribution in [0.3, 0.4) is 0 Å². The molecule has 3 rings (SSSR count). The van der Waals surface area contributed by atoms with Gasteiger partial charge < -0.3 is 15.0 Å². The predicted octanol–water partition coefficient (Wildman–Crippen LogP) is 1.55. The van der Waals surface area contributed by atoms with Crippen molar-refractivity contribution in [3.05, 3.63) is 28.8 Å². The molecule has 0 bridgehead atoms. The van der Waals surface area contributed by atoms with Crippen LogP contribution in [0.4, 0.5) is 0 Å². The van der Waals surface area contributed by atoms with Crippen molar-refractivity contribution in [3.63, 3.8) is 0 Å². The summed E-state index contributed by atoms with van der Waals surface area (Å²) in [5.74, 6) is 1.93. The van der Waals surface area contributed by atoms with Gasteiger partial charge in [-0.1, -0.05) is 0 Å². The molecule has 108 valence electrons. The van der Waals surface area contributed by atoms with E-state index in [2.05, 4.69) is 35.5 Å². The maximum Gasteiger partial charge on any atom is 0.135 e. The first kappa shape index (κ1) is 13.9. The van der Waals surface area contributed by atoms with Crippen molar-refractivity contribution in [2.45, 2.75) is 6.42 Å². The molecule has 6 heteroatoms. The molecule has 0 aromatic carbocycles. The summed E-state index contributed by atoms with van der Waals surface area (Å²) in [4.78, 5) is 7.11. The quantitative estimate of drug-likeness (QED) is 0.918. The van der Waals surface area contributed by atoms with E-state index in [4.69, 9.17) is 4.74 Å². The van der Waals surface area contributed by atoms with E-state index >= 15 is 0 Å². The molecule has 0 aliphatic carbocycles. The van der Waals surface area contributed by atoms with Crippen molar-refractivity contribution in [1.29, 1.82) is 0 Å². The van der Waals surface area contributed by atoms with Crippen molar-refractivity contribution in [1.82, 2.24) is 19.6 Å². The molecular formula is C14H19BrN4O. The minimum Gasteiger partial charge on any atom is -0.495 e. The van der Waals surface area contributed by atoms with E-state index in [0.29, 0.717) is 0 Å². The van der Waals surface area contributed by atoms with Gasteiger partial charge in [-0.3, -0.25) is 4.40 Å². The number of pyridine rings is 1. The lowest BCUT2D eigenvalue weighted by molar-refractivity contribution is 0.242. The van der Waals surface area contributed by atoms with Gasteiger partial charge in [-0.2, -0.15) is 0 Å². The highest BCUT2D eigenvalue weighted by molar-refractivity contribution is 9.10. The van der Waals surface area contributed by atoms with E-state index < -0.39 is 0 Å². The lowest BCUT2D eigenvalue weighted by Gasteiger charge is -2.26. The molecule has 2 aromatic rings. The first-order valence-electron chi connectivity index (χ1n) is 6.91. The van der Waals surface area contributed by atoms with Gasteiger partial charge in [-0.15, -0.1) is 0 Å². The fourth-order valence-electron chi connectivity index (χ4n) is 2.58. The first-order valence-corrected chi connectivity index (χ1v) is 7.71. The number of imidazole rings is 1. The Hall–Kier alpha value is -1.11. The number of nitrogens with zero attached hydrogens (tertiary/aromatic N) is 3. The Balaban J connectivity index is 1.79. The van der Waals surface area contributed by atoms with Gasteiger partial charge in [0, 0.05) is 39.1 Å². The average molecular weight is 339 g/mol. The number of aromatic nitrogens is 2. The average Bonchev–Trinajstić information content (AvgIpc) is 2.82. The summed E-state index contributed by atoms with van der Waals surface area (Å²) < 4.78 is 8.31. The standard InChI is InChI=1S/C14H19BrN4O/c1-20-11-2-3-12-14(15)17-13(19(12)10-11)4-7-18-8-5-16-6-9-18/h2-3,10,16H,4-9H2,1H3. The Morgan fingerprint density at radius 1 is 1.35 bits per heavy atom. The smallest absolute Gasteiger partial charge is 0.135 e. The van der Waals surface area contributed by atoms with Gasteiger partial charge in [0.2, 0.25) is 0 Å². The summed E-state index contributed by atoms with van der Waals surface area (Å²) in [6.07, 6.45) is 2.94. The Labute approximate surface area is 127 Å². The molecule has 1 N–H and O–H groups in total. The maximum absolute atomic E-state index is 5.30. The topological polar surface area (TPSA) is 41.8 Å². The van der Waals surface area contributed by atoms with Crippen LogP contribution in [0.2, 0.25) is 0 Å². The van der Waals surface area contributed by atoms with Gasteiger partial charge in [0.25, 0.3) is 0 Å². The fourth-order valence-corrected chi connectivity index (χ4v) is 3.11. The van der Waals surface area contributed by atoms with Crippen molar-refractivity contribution in [2.24, 2.45) is 0 Å². The van der Waals surface area contributed by atoms with E-state index in [1.807, 2.05) is 18.3 Å². The van der Waals surface area contributed by atoms with Crippen LogP contribution in [-0.4, -0.2) is 54.1 Å². The summed E-state index contributed by atoms with van der Waals surface area (Å²) in [5, 5.41) is 3.38. The minimum atomic E-state index is 0.853. The second-order valence-corrected chi connectivity index (χ2v) is 5.74. The Bertz CT molecular complexity index is 592. The van der Waals surface area contributed by atoms with Gasteiger partial charge in [0.1, 0.15) is 16.2 Å². The van der Waals surface area contributed by atoms with Crippen molar-refractivity contribution < 1.29 is 4.74 Å². The second kappa shape index (κ2) is 6.11. The van der Waals surface area contributed by atoms with Crippen LogP contribution in [0.1, 0.15) is 5.82 Å². The Kier molecular flexibility index (Phi) is 4.24. The van der Waals surface area contributed by atoms with E-state index in [1.54, 1.807) is 7.11 Å². The van der Waals surface area contributed by atoms with Crippen LogP contribution in [0.5, 0.6) is 5.75 Å². The van der Waals surface area contributed by atoms with Crippen molar-refractivity contribution in [2.75, 3.05) is 39.8 Å². The molecule has 0 spiro atoms. The minimum absolute atomic E-state index is 0.853. The van der Waals surface area contributed by atoms with Crippen LogP contribution in [0.25, 0.3) is 5.52 Å². The summed E-state index contributed by atoms with van der Waals surface area (Å²) in [6.45, 7) is 5.45. The molecule has 1 saturated heterocycles. The Morgan fingerprint density at radius 2 is 2.15 bits per heavy atom. The maximum atomic E-state index is 5.30. The number of rotatable bonds is 4. The van der Waals surface area contributed by atoms with Gasteiger partial charge in [0.15, 0.2) is 0 Å². The zero-order chi connectivity index (χ0) is 13.9. The summed E-state index contributed by atoms with van der Waals surface area (Å²) in [7, 11) is 1.69. The van der Waals surface area contributed by atoms with Gasteiger partial charge in [-0.05, 0) is 28.1 Å². The molecule has 0 atom stereocenters. The number of piperazine rings is 1. The number of fused-ring (bicyclic) bond motifs is 1. The molecule has 0 radical (unpaired) electrons. The third-order valence-corrected chi connectivity index (χ3v) is 4.32. The molecule has 5 nitrogen and oxygen atoms in total. The van der Waals surface area contributed by atoms with Crippen molar-refractivity contribution >= 4 is 21.4 Å². The van der Waals surface area contributed by atoms with Crippen LogP contribution in [0, 0.1) is 0 Å². The lowest BCUT2D eigenvalue weighted by Crippen LogP contribution is -2.44. The summed E-state index contributed by atoms with van der Waals surface area (Å²) >= 11 is 3.53. The number of methoxy groups -OCH3 is 1. The normalized spacial score (nSPS) is 16.7. The van der Waals surface area contributed by atoms with E-state index in [9.17, 15) is 0 Å². The molecule has 0 saturated carbocycles. The van der Waals surface area contributed by atoms with Crippen LogP contribution < -0.4 is 10.1 Å². The third-order valence-electron chi connectivity index (χ3n) is 3.73. The van der Waals surface area contributed by atoms with E-state index in [-0.39, 0.29) is 0 Å². The highest BCUT2D eigenvalue weighted by Gasteiger charge is 2.13. The highest BCUT2D eigenvalue weighted by atomic mass is 79.9. The van der Waals surface area contributed by atoms with Gasteiger partial charge in [-0.25, -0.2) is 4.98 Å². The van der Waals surface area contributed by atoms with Crippen LogP contribution >= 0.6 is 15.9 Å². The Morgan fingerprint density at radius 3 is 2.90 bits per heavy atom. The molecule has 0 unspecified atom stereocenters. The third kappa shape index (κ3) is 2.82. The fraction of sp³-hybridized carbons (Fsp3) is 0.500. The van der Waals surface area contributed by atoms with Crippen LogP contribution in [0.15, 0.2) is 22.9 Å². The zero-order valence-electron chi connectivity index (χ0n) is 11.6. The number of halogens is 1. The number of hydrogen-bond acceptors (Lipinski definition) is 4. The number of hydrogen-bond donors (Lipinski definition) is 1. The summed E-state index contributed by atoms with van der Waals surface area (Å²) in [6, 6.07) is 3.99. The molecule has 1 fully saturated rings. The molecule has 20 heavy (non-hydrogen) atoms. The summed E-state index contributed by atoms with van der Waals surface area (Å²) in [5.41, 5.74) is 1.08.